The number of anilines is 1. The summed E-state index contributed by atoms with van der Waals surface area (Å²) in [5.41, 5.74) is 2.17. The van der Waals surface area contributed by atoms with Gasteiger partial charge < -0.3 is 15.7 Å². The van der Waals surface area contributed by atoms with E-state index >= 15 is 0 Å². The van der Waals surface area contributed by atoms with Gasteiger partial charge in [0.15, 0.2) is 6.10 Å². The number of hydrogen-bond donors (Lipinski definition) is 3. The molecule has 0 bridgehead atoms. The number of carbonyl (C=O) groups excluding carboxylic acids is 2. The lowest BCUT2D eigenvalue weighted by Gasteiger charge is -2.12. The van der Waals surface area contributed by atoms with Crippen LogP contribution < -0.4 is 10.6 Å². The maximum atomic E-state index is 11.9. The molecular formula is C18H19ClN2O3. The number of nitrogens with one attached hydrogen (secondary N) is 2. The maximum absolute atomic E-state index is 11.9. The zero-order valence-electron chi connectivity index (χ0n) is 13.3. The molecule has 1 atom stereocenters. The predicted octanol–water partition coefficient (Wildman–Crippen LogP) is 2.83. The van der Waals surface area contributed by atoms with Crippen molar-refractivity contribution < 1.29 is 14.7 Å². The minimum atomic E-state index is -1.32. The minimum absolute atomic E-state index is 0.113. The normalized spacial score (nSPS) is 11.6. The Labute approximate surface area is 145 Å². The number of amides is 2. The maximum Gasteiger partial charge on any atom is 0.253 e. The van der Waals surface area contributed by atoms with Crippen molar-refractivity contribution in [3.05, 3.63) is 64.7 Å². The van der Waals surface area contributed by atoms with E-state index < -0.39 is 12.0 Å². The Kier molecular flexibility index (Phi) is 6.35. The lowest BCUT2D eigenvalue weighted by molar-refractivity contribution is -0.129. The Balaban J connectivity index is 1.78. The molecule has 24 heavy (non-hydrogen) atoms. The summed E-state index contributed by atoms with van der Waals surface area (Å²) in [4.78, 5) is 23.8. The zero-order chi connectivity index (χ0) is 17.5. The van der Waals surface area contributed by atoms with Gasteiger partial charge in [0.1, 0.15) is 0 Å². The molecule has 3 N–H and O–H groups in total. The molecule has 0 aromatic heterocycles. The molecule has 0 unspecified atom stereocenters. The second-order valence-corrected chi connectivity index (χ2v) is 5.85. The molecule has 0 saturated carbocycles. The minimum Gasteiger partial charge on any atom is -0.378 e. The van der Waals surface area contributed by atoms with Crippen LogP contribution >= 0.6 is 11.6 Å². The third kappa shape index (κ3) is 5.37. The number of aliphatic hydroxyl groups is 1. The summed E-state index contributed by atoms with van der Waals surface area (Å²) in [5, 5.41) is 15.7. The number of aliphatic hydroxyl groups excluding tert-OH is 1. The van der Waals surface area contributed by atoms with E-state index in [2.05, 4.69) is 10.6 Å². The molecule has 0 fully saturated rings. The highest BCUT2D eigenvalue weighted by molar-refractivity contribution is 6.30. The molecule has 0 heterocycles. The quantitative estimate of drug-likeness (QED) is 0.752. The summed E-state index contributed by atoms with van der Waals surface area (Å²) in [5.74, 6) is -0.779. The number of halogens is 1. The average molecular weight is 347 g/mol. The Morgan fingerprint density at radius 3 is 2.62 bits per heavy atom. The molecule has 0 saturated heterocycles. The molecule has 126 valence electrons. The van der Waals surface area contributed by atoms with Crippen molar-refractivity contribution in [2.75, 3.05) is 11.9 Å². The highest BCUT2D eigenvalue weighted by atomic mass is 35.5. The summed E-state index contributed by atoms with van der Waals surface area (Å²) < 4.78 is 0. The van der Waals surface area contributed by atoms with Crippen molar-refractivity contribution in [2.45, 2.75) is 19.4 Å². The van der Waals surface area contributed by atoms with E-state index in [4.69, 9.17) is 11.6 Å². The van der Waals surface area contributed by atoms with Crippen molar-refractivity contribution in [3.8, 4) is 0 Å². The van der Waals surface area contributed by atoms with Crippen LogP contribution in [0, 0.1) is 6.92 Å². The van der Waals surface area contributed by atoms with Crippen molar-refractivity contribution >= 4 is 29.1 Å². The number of hydrogen-bond acceptors (Lipinski definition) is 3. The smallest absolute Gasteiger partial charge is 0.253 e. The van der Waals surface area contributed by atoms with Gasteiger partial charge in [0.2, 0.25) is 5.91 Å². The van der Waals surface area contributed by atoms with Gasteiger partial charge in [-0.05, 0) is 42.3 Å². The molecule has 0 radical (unpaired) electrons. The Bertz CT molecular complexity index is 734. The Morgan fingerprint density at radius 1 is 1.17 bits per heavy atom. The molecular weight excluding hydrogens is 328 g/mol. The number of carbonyl (C=O) groups is 2. The third-order valence-corrected chi connectivity index (χ3v) is 3.60. The average Bonchev–Trinajstić information content (AvgIpc) is 2.54. The van der Waals surface area contributed by atoms with Gasteiger partial charge in [-0.15, -0.1) is 0 Å². The first-order chi connectivity index (χ1) is 11.5. The van der Waals surface area contributed by atoms with Crippen LogP contribution in [0.2, 0.25) is 5.02 Å². The summed E-state index contributed by atoms with van der Waals surface area (Å²) in [6.45, 7) is 2.07. The Hall–Kier alpha value is -2.37. The molecule has 6 heteroatoms. The molecule has 5 nitrogen and oxygen atoms in total. The molecule has 0 spiro atoms. The first-order valence-electron chi connectivity index (χ1n) is 7.53. The number of benzene rings is 2. The fourth-order valence-corrected chi connectivity index (χ4v) is 2.37. The van der Waals surface area contributed by atoms with E-state index in [1.165, 1.54) is 6.07 Å². The Morgan fingerprint density at radius 2 is 1.92 bits per heavy atom. The van der Waals surface area contributed by atoms with Crippen LogP contribution in [-0.4, -0.2) is 23.5 Å². The zero-order valence-corrected chi connectivity index (χ0v) is 14.0. The first-order valence-corrected chi connectivity index (χ1v) is 7.91. The summed E-state index contributed by atoms with van der Waals surface area (Å²) in [7, 11) is 0. The molecule has 2 rings (SSSR count). The van der Waals surface area contributed by atoms with Gasteiger partial charge in [-0.1, -0.05) is 35.9 Å². The fourth-order valence-electron chi connectivity index (χ4n) is 2.17. The second kappa shape index (κ2) is 8.47. The van der Waals surface area contributed by atoms with Crippen LogP contribution in [0.1, 0.15) is 23.7 Å². The van der Waals surface area contributed by atoms with Crippen molar-refractivity contribution in [3.63, 3.8) is 0 Å². The summed E-state index contributed by atoms with van der Waals surface area (Å²) in [6, 6.07) is 13.9. The highest BCUT2D eigenvalue weighted by Gasteiger charge is 2.17. The lowest BCUT2D eigenvalue weighted by atomic mass is 10.1. The molecule has 0 aliphatic heterocycles. The molecule has 2 amide bonds. The van der Waals surface area contributed by atoms with E-state index in [1.54, 1.807) is 24.3 Å². The summed E-state index contributed by atoms with van der Waals surface area (Å²) in [6.07, 6.45) is -1.20. The van der Waals surface area contributed by atoms with E-state index in [-0.39, 0.29) is 18.9 Å². The van der Waals surface area contributed by atoms with Crippen molar-refractivity contribution in [1.82, 2.24) is 5.32 Å². The van der Waals surface area contributed by atoms with E-state index in [0.29, 0.717) is 16.3 Å². The predicted molar refractivity (Wildman–Crippen MR) is 93.8 cm³/mol. The van der Waals surface area contributed by atoms with Crippen LogP contribution in [0.4, 0.5) is 5.69 Å². The lowest BCUT2D eigenvalue weighted by Crippen LogP contribution is -2.32. The van der Waals surface area contributed by atoms with Crippen LogP contribution in [0.3, 0.4) is 0 Å². The first kappa shape index (κ1) is 18.0. The van der Waals surface area contributed by atoms with Gasteiger partial charge in [-0.25, -0.2) is 0 Å². The van der Waals surface area contributed by atoms with Gasteiger partial charge in [-0.3, -0.25) is 9.59 Å². The fraction of sp³-hybridized carbons (Fsp3) is 0.222. The molecule has 2 aromatic rings. The molecule has 2 aromatic carbocycles. The standard InChI is InChI=1S/C18H19ClN2O3/c1-12-4-2-7-15(10-12)21-16(22)8-9-20-18(24)17(23)13-5-3-6-14(19)11-13/h2-7,10-11,17,23H,8-9H2,1H3,(H,20,24)(H,21,22)/t17-/m1/s1. The third-order valence-electron chi connectivity index (χ3n) is 3.37. The van der Waals surface area contributed by atoms with Gasteiger partial charge in [-0.2, -0.15) is 0 Å². The van der Waals surface area contributed by atoms with Gasteiger partial charge >= 0.3 is 0 Å². The van der Waals surface area contributed by atoms with Crippen LogP contribution in [0.5, 0.6) is 0 Å². The largest absolute Gasteiger partial charge is 0.378 e. The summed E-state index contributed by atoms with van der Waals surface area (Å²) >= 11 is 5.83. The van der Waals surface area contributed by atoms with Gasteiger partial charge in [0.25, 0.3) is 5.91 Å². The van der Waals surface area contributed by atoms with Crippen molar-refractivity contribution in [1.29, 1.82) is 0 Å². The van der Waals surface area contributed by atoms with Crippen LogP contribution in [0.25, 0.3) is 0 Å². The number of rotatable bonds is 6. The number of aryl methyl sites for hydroxylation is 1. The molecule has 0 aliphatic rings. The SMILES string of the molecule is Cc1cccc(NC(=O)CCNC(=O)[C@H](O)c2cccc(Cl)c2)c1. The highest BCUT2D eigenvalue weighted by Crippen LogP contribution is 2.17. The van der Waals surface area contributed by atoms with E-state index in [9.17, 15) is 14.7 Å². The topological polar surface area (TPSA) is 78.4 Å². The van der Waals surface area contributed by atoms with Crippen LogP contribution in [0.15, 0.2) is 48.5 Å². The van der Waals surface area contributed by atoms with Crippen molar-refractivity contribution in [2.24, 2.45) is 0 Å². The van der Waals surface area contributed by atoms with Crippen LogP contribution in [-0.2, 0) is 9.59 Å². The second-order valence-electron chi connectivity index (χ2n) is 5.42. The molecule has 0 aliphatic carbocycles. The van der Waals surface area contributed by atoms with Gasteiger partial charge in [0.05, 0.1) is 0 Å². The van der Waals surface area contributed by atoms with E-state index in [1.807, 2.05) is 25.1 Å². The monoisotopic (exact) mass is 346 g/mol. The van der Waals surface area contributed by atoms with Gasteiger partial charge in [0, 0.05) is 23.7 Å². The van der Waals surface area contributed by atoms with E-state index in [0.717, 1.165) is 5.56 Å².